The summed E-state index contributed by atoms with van der Waals surface area (Å²) in [7, 11) is 0. The van der Waals surface area contributed by atoms with Crippen LogP contribution in [-0.2, 0) is 0 Å². The number of halogens is 4. The van der Waals surface area contributed by atoms with Crippen molar-refractivity contribution in [2.45, 2.75) is 20.0 Å². The van der Waals surface area contributed by atoms with Crippen LogP contribution in [0.4, 0.5) is 18.9 Å². The molecule has 2 nitrogen and oxygen atoms in total. The molecule has 0 N–H and O–H groups in total. The summed E-state index contributed by atoms with van der Waals surface area (Å²) in [6, 6.07) is 4.30. The first-order valence-corrected chi connectivity index (χ1v) is 5.74. The van der Waals surface area contributed by atoms with Crippen LogP contribution < -0.4 is 4.90 Å². The summed E-state index contributed by atoms with van der Waals surface area (Å²) in [5, 5.41) is 0.167. The fourth-order valence-electron chi connectivity index (χ4n) is 1.59. The van der Waals surface area contributed by atoms with Crippen molar-refractivity contribution in [1.82, 2.24) is 0 Å². The number of alkyl halides is 3. The second kappa shape index (κ2) is 5.61. The van der Waals surface area contributed by atoms with Crippen molar-refractivity contribution in [2.24, 2.45) is 0 Å². The van der Waals surface area contributed by atoms with E-state index in [-0.39, 0.29) is 17.4 Å². The van der Waals surface area contributed by atoms with Gasteiger partial charge in [0.05, 0.1) is 5.02 Å². The third kappa shape index (κ3) is 3.91. The lowest BCUT2D eigenvalue weighted by molar-refractivity contribution is -0.119. The van der Waals surface area contributed by atoms with Gasteiger partial charge in [-0.15, -0.1) is 0 Å². The topological polar surface area (TPSA) is 20.3 Å². The Morgan fingerprint density at radius 2 is 2.00 bits per heavy atom. The predicted molar refractivity (Wildman–Crippen MR) is 65.4 cm³/mol. The standard InChI is InChI=1S/C12H13ClF3NO/c1-3-17(7-12(14,15)16)9-4-5-10(8(2)18)11(13)6-9/h4-6H,3,7H2,1-2H3. The van der Waals surface area contributed by atoms with Crippen molar-refractivity contribution in [3.8, 4) is 0 Å². The maximum absolute atomic E-state index is 12.4. The minimum Gasteiger partial charge on any atom is -0.363 e. The summed E-state index contributed by atoms with van der Waals surface area (Å²) >= 11 is 5.87. The Bertz CT molecular complexity index is 445. The van der Waals surface area contributed by atoms with Crippen LogP contribution in [-0.4, -0.2) is 25.0 Å². The molecule has 1 aromatic carbocycles. The SMILES string of the molecule is CCN(CC(F)(F)F)c1ccc(C(C)=O)c(Cl)c1. The summed E-state index contributed by atoms with van der Waals surface area (Å²) in [6.07, 6.45) is -4.28. The summed E-state index contributed by atoms with van der Waals surface area (Å²) in [5.41, 5.74) is 0.660. The van der Waals surface area contributed by atoms with Crippen molar-refractivity contribution in [3.05, 3.63) is 28.8 Å². The van der Waals surface area contributed by atoms with Crippen LogP contribution in [0.15, 0.2) is 18.2 Å². The normalized spacial score (nSPS) is 11.4. The second-order valence-electron chi connectivity index (χ2n) is 3.85. The molecule has 100 valence electrons. The van der Waals surface area contributed by atoms with Crippen molar-refractivity contribution < 1.29 is 18.0 Å². The maximum Gasteiger partial charge on any atom is 0.405 e. The molecule has 0 heterocycles. The molecule has 0 aliphatic rings. The highest BCUT2D eigenvalue weighted by Crippen LogP contribution is 2.26. The molecule has 0 saturated carbocycles. The average molecular weight is 280 g/mol. The molecule has 1 rings (SSSR count). The van der Waals surface area contributed by atoms with E-state index in [1.165, 1.54) is 25.1 Å². The molecule has 6 heteroatoms. The summed E-state index contributed by atoms with van der Waals surface area (Å²) in [5.74, 6) is -0.217. The number of ketones is 1. The molecule has 0 unspecified atom stereocenters. The van der Waals surface area contributed by atoms with Crippen LogP contribution in [0.1, 0.15) is 24.2 Å². The lowest BCUT2D eigenvalue weighted by atomic mass is 10.1. The first-order chi connectivity index (χ1) is 8.24. The van der Waals surface area contributed by atoms with Gasteiger partial charge < -0.3 is 4.90 Å². The molecule has 0 aromatic heterocycles. The third-order valence-electron chi connectivity index (χ3n) is 2.45. The number of carbonyl (C=O) groups is 1. The molecule has 0 fully saturated rings. The summed E-state index contributed by atoms with van der Waals surface area (Å²) in [6.45, 7) is 2.14. The van der Waals surface area contributed by atoms with E-state index in [9.17, 15) is 18.0 Å². The van der Waals surface area contributed by atoms with E-state index in [2.05, 4.69) is 0 Å². The zero-order valence-electron chi connectivity index (χ0n) is 10.0. The van der Waals surface area contributed by atoms with E-state index in [0.29, 0.717) is 11.3 Å². The minimum absolute atomic E-state index is 0.167. The van der Waals surface area contributed by atoms with E-state index < -0.39 is 12.7 Å². The van der Waals surface area contributed by atoms with Gasteiger partial charge in [0.25, 0.3) is 0 Å². The van der Waals surface area contributed by atoms with Gasteiger partial charge in [-0.1, -0.05) is 11.6 Å². The molecule has 18 heavy (non-hydrogen) atoms. The van der Waals surface area contributed by atoms with Crippen LogP contribution in [0.25, 0.3) is 0 Å². The smallest absolute Gasteiger partial charge is 0.363 e. The van der Waals surface area contributed by atoms with Crippen molar-refractivity contribution in [1.29, 1.82) is 0 Å². The molecule has 0 saturated heterocycles. The quantitative estimate of drug-likeness (QED) is 0.778. The number of hydrogen-bond donors (Lipinski definition) is 0. The van der Waals surface area contributed by atoms with E-state index in [1.807, 2.05) is 0 Å². The maximum atomic E-state index is 12.4. The molecule has 1 aromatic rings. The van der Waals surface area contributed by atoms with E-state index in [1.54, 1.807) is 6.92 Å². The first kappa shape index (κ1) is 14.8. The molecule has 0 aliphatic carbocycles. The Balaban J connectivity index is 3.01. The van der Waals surface area contributed by atoms with E-state index in [4.69, 9.17) is 11.6 Å². The molecule has 0 bridgehead atoms. The fraction of sp³-hybridized carbons (Fsp3) is 0.417. The highest BCUT2D eigenvalue weighted by atomic mass is 35.5. The van der Waals surface area contributed by atoms with Gasteiger partial charge in [-0.2, -0.15) is 13.2 Å². The molecule has 0 aliphatic heterocycles. The number of rotatable bonds is 4. The predicted octanol–water partition coefficient (Wildman–Crippen LogP) is 3.93. The lowest BCUT2D eigenvalue weighted by Gasteiger charge is -2.24. The highest BCUT2D eigenvalue weighted by molar-refractivity contribution is 6.34. The average Bonchev–Trinajstić information content (AvgIpc) is 2.24. The van der Waals surface area contributed by atoms with Crippen molar-refractivity contribution in [3.63, 3.8) is 0 Å². The molecule has 0 radical (unpaired) electrons. The lowest BCUT2D eigenvalue weighted by Crippen LogP contribution is -2.34. The number of anilines is 1. The van der Waals surface area contributed by atoms with Crippen LogP contribution in [0.2, 0.25) is 5.02 Å². The number of benzene rings is 1. The Kier molecular flexibility index (Phi) is 4.62. The monoisotopic (exact) mass is 279 g/mol. The van der Waals surface area contributed by atoms with Crippen LogP contribution >= 0.6 is 11.6 Å². The molecular weight excluding hydrogens is 267 g/mol. The van der Waals surface area contributed by atoms with E-state index >= 15 is 0 Å². The van der Waals surface area contributed by atoms with Gasteiger partial charge >= 0.3 is 6.18 Å². The third-order valence-corrected chi connectivity index (χ3v) is 2.76. The van der Waals surface area contributed by atoms with Gasteiger partial charge in [-0.25, -0.2) is 0 Å². The van der Waals surface area contributed by atoms with Crippen LogP contribution in [0, 0.1) is 0 Å². The van der Waals surface area contributed by atoms with Crippen molar-refractivity contribution in [2.75, 3.05) is 18.0 Å². The fourth-order valence-corrected chi connectivity index (χ4v) is 1.90. The Labute approximate surface area is 108 Å². The Hall–Kier alpha value is -1.23. The minimum atomic E-state index is -4.28. The Morgan fingerprint density at radius 3 is 2.39 bits per heavy atom. The van der Waals surface area contributed by atoms with E-state index in [0.717, 1.165) is 4.90 Å². The highest BCUT2D eigenvalue weighted by Gasteiger charge is 2.30. The Morgan fingerprint density at radius 1 is 1.39 bits per heavy atom. The zero-order chi connectivity index (χ0) is 13.9. The molecular formula is C12H13ClF3NO. The van der Waals surface area contributed by atoms with Crippen LogP contribution in [0.5, 0.6) is 0 Å². The first-order valence-electron chi connectivity index (χ1n) is 5.36. The number of nitrogens with zero attached hydrogens (tertiary/aromatic N) is 1. The molecule has 0 spiro atoms. The number of carbonyl (C=O) groups excluding carboxylic acids is 1. The molecule has 0 amide bonds. The summed E-state index contributed by atoms with van der Waals surface area (Å²) in [4.78, 5) is 12.3. The van der Waals surface area contributed by atoms with Crippen molar-refractivity contribution >= 4 is 23.1 Å². The van der Waals surface area contributed by atoms with Gasteiger partial charge in [0, 0.05) is 17.8 Å². The van der Waals surface area contributed by atoms with Gasteiger partial charge in [0.15, 0.2) is 5.78 Å². The second-order valence-corrected chi connectivity index (χ2v) is 4.26. The van der Waals surface area contributed by atoms with Gasteiger partial charge in [-0.3, -0.25) is 4.79 Å². The van der Waals surface area contributed by atoms with Gasteiger partial charge in [-0.05, 0) is 32.0 Å². The molecule has 0 atom stereocenters. The summed E-state index contributed by atoms with van der Waals surface area (Å²) < 4.78 is 37.1. The van der Waals surface area contributed by atoms with Gasteiger partial charge in [0.1, 0.15) is 6.54 Å². The number of hydrogen-bond acceptors (Lipinski definition) is 2. The van der Waals surface area contributed by atoms with Gasteiger partial charge in [0.2, 0.25) is 0 Å². The zero-order valence-corrected chi connectivity index (χ0v) is 10.8. The van der Waals surface area contributed by atoms with Crippen LogP contribution in [0.3, 0.4) is 0 Å². The number of Topliss-reactive ketones (excluding diaryl/α,β-unsaturated/α-hetero) is 1. The largest absolute Gasteiger partial charge is 0.405 e.